The first-order valence-corrected chi connectivity index (χ1v) is 5.45. The summed E-state index contributed by atoms with van der Waals surface area (Å²) in [4.78, 5) is 14.0. The second kappa shape index (κ2) is 2.99. The summed E-state index contributed by atoms with van der Waals surface area (Å²) in [6, 6.07) is 6.12. The third-order valence-corrected chi connectivity index (χ3v) is 3.48. The van der Waals surface area contributed by atoms with Gasteiger partial charge in [0.2, 0.25) is 0 Å². The lowest BCUT2D eigenvalue weighted by molar-refractivity contribution is 0.0606. The number of nitrogen functional groups attached to an aromatic ring is 1. The van der Waals surface area contributed by atoms with E-state index >= 15 is 0 Å². The largest absolute Gasteiger partial charge is 0.399 e. The molecule has 1 aromatic rings. The summed E-state index contributed by atoms with van der Waals surface area (Å²) in [6.45, 7) is 0.777. The number of rotatable bonds is 1. The van der Waals surface area contributed by atoms with Crippen molar-refractivity contribution in [3.8, 4) is 0 Å². The van der Waals surface area contributed by atoms with Gasteiger partial charge in [-0.3, -0.25) is 4.79 Å². The molecular formula is C12H14N2O. The molecule has 15 heavy (non-hydrogen) atoms. The van der Waals surface area contributed by atoms with Crippen LogP contribution in [0.4, 0.5) is 5.69 Å². The molecule has 2 aliphatic rings. The number of hydrogen-bond donors (Lipinski definition) is 1. The number of hydrogen-bond acceptors (Lipinski definition) is 2. The molecule has 3 heteroatoms. The zero-order chi connectivity index (χ0) is 10.4. The molecule has 1 amide bonds. The molecule has 0 saturated heterocycles. The molecule has 0 radical (unpaired) electrons. The molecule has 1 aromatic carbocycles. The minimum absolute atomic E-state index is 0.169. The third-order valence-electron chi connectivity index (χ3n) is 3.48. The van der Waals surface area contributed by atoms with Gasteiger partial charge in [0.1, 0.15) is 0 Å². The van der Waals surface area contributed by atoms with E-state index in [-0.39, 0.29) is 5.91 Å². The van der Waals surface area contributed by atoms with Gasteiger partial charge in [-0.15, -0.1) is 0 Å². The van der Waals surface area contributed by atoms with Gasteiger partial charge >= 0.3 is 0 Å². The molecule has 1 heterocycles. The topological polar surface area (TPSA) is 46.3 Å². The van der Waals surface area contributed by atoms with Gasteiger partial charge in [-0.2, -0.15) is 0 Å². The van der Waals surface area contributed by atoms with Crippen molar-refractivity contribution in [1.29, 1.82) is 0 Å². The van der Waals surface area contributed by atoms with E-state index in [1.54, 1.807) is 6.07 Å². The molecule has 1 saturated carbocycles. The van der Waals surface area contributed by atoms with E-state index in [1.165, 1.54) is 6.42 Å². The lowest BCUT2D eigenvalue weighted by atomic mass is 9.92. The first kappa shape index (κ1) is 8.77. The molecule has 2 N–H and O–H groups in total. The van der Waals surface area contributed by atoms with Crippen LogP contribution in [0.1, 0.15) is 35.2 Å². The van der Waals surface area contributed by atoms with Gasteiger partial charge in [-0.05, 0) is 37.0 Å². The number of nitrogens with two attached hydrogens (primary N) is 1. The van der Waals surface area contributed by atoms with Crippen LogP contribution in [0.3, 0.4) is 0 Å². The van der Waals surface area contributed by atoms with Gasteiger partial charge in [-0.1, -0.05) is 6.07 Å². The van der Waals surface area contributed by atoms with Crippen molar-refractivity contribution >= 4 is 11.6 Å². The highest BCUT2D eigenvalue weighted by atomic mass is 16.2. The molecule has 3 nitrogen and oxygen atoms in total. The first-order valence-electron chi connectivity index (χ1n) is 5.45. The highest BCUT2D eigenvalue weighted by molar-refractivity contribution is 5.99. The van der Waals surface area contributed by atoms with Crippen LogP contribution >= 0.6 is 0 Å². The van der Waals surface area contributed by atoms with Crippen LogP contribution in [0.5, 0.6) is 0 Å². The van der Waals surface area contributed by atoms with Crippen LogP contribution in [0.25, 0.3) is 0 Å². The van der Waals surface area contributed by atoms with Crippen LogP contribution in [0, 0.1) is 0 Å². The predicted octanol–water partition coefficient (Wildman–Crippen LogP) is 1.78. The van der Waals surface area contributed by atoms with Crippen LogP contribution in [0.2, 0.25) is 0 Å². The fraction of sp³-hybridized carbons (Fsp3) is 0.417. The maximum Gasteiger partial charge on any atom is 0.254 e. The zero-order valence-corrected chi connectivity index (χ0v) is 8.57. The molecule has 0 aromatic heterocycles. The van der Waals surface area contributed by atoms with Gasteiger partial charge in [0.15, 0.2) is 0 Å². The zero-order valence-electron chi connectivity index (χ0n) is 8.57. The second-order valence-corrected chi connectivity index (χ2v) is 4.43. The number of amides is 1. The van der Waals surface area contributed by atoms with Crippen molar-refractivity contribution in [3.05, 3.63) is 29.3 Å². The second-order valence-electron chi connectivity index (χ2n) is 4.43. The Hall–Kier alpha value is -1.51. The van der Waals surface area contributed by atoms with Gasteiger partial charge in [-0.25, -0.2) is 0 Å². The number of carbonyl (C=O) groups excluding carboxylic acids is 1. The summed E-state index contributed by atoms with van der Waals surface area (Å²) < 4.78 is 0. The summed E-state index contributed by atoms with van der Waals surface area (Å²) in [6.07, 6.45) is 3.58. The highest BCUT2D eigenvalue weighted by Gasteiger charge is 2.35. The van der Waals surface area contributed by atoms with E-state index in [9.17, 15) is 4.79 Å². The number of benzene rings is 1. The van der Waals surface area contributed by atoms with Gasteiger partial charge in [0.05, 0.1) is 0 Å². The summed E-state index contributed by atoms with van der Waals surface area (Å²) in [7, 11) is 0. The van der Waals surface area contributed by atoms with Gasteiger partial charge < -0.3 is 10.6 Å². The Morgan fingerprint density at radius 3 is 2.80 bits per heavy atom. The van der Waals surface area contributed by atoms with Crippen molar-refractivity contribution < 1.29 is 4.79 Å². The average Bonchev–Trinajstić information content (AvgIpc) is 2.43. The molecule has 1 aliphatic carbocycles. The van der Waals surface area contributed by atoms with Crippen LogP contribution in [-0.2, 0) is 6.54 Å². The Balaban J connectivity index is 1.94. The van der Waals surface area contributed by atoms with Crippen molar-refractivity contribution in [2.75, 3.05) is 5.73 Å². The maximum absolute atomic E-state index is 12.1. The lowest BCUT2D eigenvalue weighted by Gasteiger charge is -2.34. The number of nitrogens with zero attached hydrogens (tertiary/aromatic N) is 1. The van der Waals surface area contributed by atoms with Crippen LogP contribution in [-0.4, -0.2) is 16.8 Å². The monoisotopic (exact) mass is 202 g/mol. The molecule has 0 unspecified atom stereocenters. The number of anilines is 1. The fourth-order valence-corrected chi connectivity index (χ4v) is 2.33. The van der Waals surface area contributed by atoms with E-state index in [0.29, 0.717) is 11.7 Å². The van der Waals surface area contributed by atoms with E-state index < -0.39 is 0 Å². The standard InChI is InChI=1S/C12H14N2O/c13-9-5-4-8-7-14(10-2-1-3-10)12(15)11(8)6-9/h4-6,10H,1-3,7,13H2. The number of carbonyl (C=O) groups is 1. The quantitative estimate of drug-likeness (QED) is 0.705. The molecular weight excluding hydrogens is 188 g/mol. The third kappa shape index (κ3) is 1.23. The van der Waals surface area contributed by atoms with E-state index in [2.05, 4.69) is 0 Å². The number of fused-ring (bicyclic) bond motifs is 1. The Morgan fingerprint density at radius 2 is 2.13 bits per heavy atom. The van der Waals surface area contributed by atoms with E-state index in [4.69, 9.17) is 5.73 Å². The fourth-order valence-electron chi connectivity index (χ4n) is 2.33. The predicted molar refractivity (Wildman–Crippen MR) is 58.4 cm³/mol. The summed E-state index contributed by atoms with van der Waals surface area (Å²) in [5, 5.41) is 0. The van der Waals surface area contributed by atoms with Gasteiger partial charge in [0, 0.05) is 23.8 Å². The van der Waals surface area contributed by atoms with Crippen LogP contribution < -0.4 is 5.73 Å². The molecule has 1 aliphatic heterocycles. The van der Waals surface area contributed by atoms with E-state index in [0.717, 1.165) is 30.5 Å². The van der Waals surface area contributed by atoms with Gasteiger partial charge in [0.25, 0.3) is 5.91 Å². The SMILES string of the molecule is Nc1ccc2c(c1)C(=O)N(C1CCC1)C2. The molecule has 0 bridgehead atoms. The Labute approximate surface area is 88.9 Å². The molecule has 0 spiro atoms. The minimum atomic E-state index is 0.169. The Bertz CT molecular complexity index is 424. The maximum atomic E-state index is 12.1. The summed E-state index contributed by atoms with van der Waals surface area (Å²) in [5.41, 5.74) is 8.30. The smallest absolute Gasteiger partial charge is 0.254 e. The Morgan fingerprint density at radius 1 is 1.33 bits per heavy atom. The Kier molecular flexibility index (Phi) is 1.75. The van der Waals surface area contributed by atoms with Crippen LogP contribution in [0.15, 0.2) is 18.2 Å². The molecule has 1 fully saturated rings. The normalized spacial score (nSPS) is 20.3. The molecule has 0 atom stereocenters. The first-order chi connectivity index (χ1) is 7.25. The lowest BCUT2D eigenvalue weighted by Crippen LogP contribution is -2.40. The molecule has 78 valence electrons. The minimum Gasteiger partial charge on any atom is -0.399 e. The molecule has 3 rings (SSSR count). The van der Waals surface area contributed by atoms with Crippen molar-refractivity contribution in [2.24, 2.45) is 0 Å². The summed E-state index contributed by atoms with van der Waals surface area (Å²) in [5.74, 6) is 0.169. The highest BCUT2D eigenvalue weighted by Crippen LogP contribution is 2.33. The summed E-state index contributed by atoms with van der Waals surface area (Å²) >= 11 is 0. The van der Waals surface area contributed by atoms with E-state index in [1.807, 2.05) is 17.0 Å². The van der Waals surface area contributed by atoms with Crippen molar-refractivity contribution in [3.63, 3.8) is 0 Å². The van der Waals surface area contributed by atoms with Crippen molar-refractivity contribution in [1.82, 2.24) is 4.90 Å². The van der Waals surface area contributed by atoms with Crippen molar-refractivity contribution in [2.45, 2.75) is 31.8 Å². The average molecular weight is 202 g/mol.